The summed E-state index contributed by atoms with van der Waals surface area (Å²) in [5, 5.41) is 12.5. The fourth-order valence-corrected chi connectivity index (χ4v) is 3.44. The molecule has 1 atom stereocenters. The highest BCUT2D eigenvalue weighted by Gasteiger charge is 2.26. The molecule has 0 spiro atoms. The molecule has 5 nitrogen and oxygen atoms in total. The summed E-state index contributed by atoms with van der Waals surface area (Å²) in [5.74, 6) is 0.324. The van der Waals surface area contributed by atoms with E-state index in [-0.39, 0.29) is 17.7 Å². The molecule has 0 aromatic heterocycles. The van der Waals surface area contributed by atoms with Crippen molar-refractivity contribution in [2.75, 3.05) is 36.4 Å². The Morgan fingerprint density at radius 1 is 1.00 bits per heavy atom. The number of aromatic hydroxyl groups is 1. The number of phenols is 1. The summed E-state index contributed by atoms with van der Waals surface area (Å²) >= 11 is 0. The highest BCUT2D eigenvalue weighted by Crippen LogP contribution is 2.22. The summed E-state index contributed by atoms with van der Waals surface area (Å²) in [6.45, 7) is 9.41. The molecular formula is C21H27N3O2. The van der Waals surface area contributed by atoms with Gasteiger partial charge in [-0.05, 0) is 56.2 Å². The van der Waals surface area contributed by atoms with Crippen molar-refractivity contribution < 1.29 is 9.90 Å². The van der Waals surface area contributed by atoms with E-state index in [1.54, 1.807) is 12.1 Å². The molecule has 1 heterocycles. The van der Waals surface area contributed by atoms with Crippen molar-refractivity contribution in [3.8, 4) is 5.75 Å². The van der Waals surface area contributed by atoms with Crippen LogP contribution in [0.5, 0.6) is 5.75 Å². The molecule has 1 fully saturated rings. The van der Waals surface area contributed by atoms with Crippen LogP contribution in [-0.4, -0.2) is 48.1 Å². The maximum Gasteiger partial charge on any atom is 0.241 e. The first-order chi connectivity index (χ1) is 12.5. The first-order valence-electron chi connectivity index (χ1n) is 9.11. The van der Waals surface area contributed by atoms with Crippen molar-refractivity contribution in [2.24, 2.45) is 0 Å². The predicted octanol–water partition coefficient (Wildman–Crippen LogP) is 3.16. The Hall–Kier alpha value is -2.53. The minimum atomic E-state index is -0.170. The van der Waals surface area contributed by atoms with Gasteiger partial charge in [0.1, 0.15) is 5.75 Å². The highest BCUT2D eigenvalue weighted by atomic mass is 16.3. The molecule has 0 unspecified atom stereocenters. The Morgan fingerprint density at radius 3 is 2.15 bits per heavy atom. The summed E-state index contributed by atoms with van der Waals surface area (Å²) in [4.78, 5) is 17.2. The maximum atomic E-state index is 12.7. The van der Waals surface area contributed by atoms with Crippen LogP contribution in [0.25, 0.3) is 0 Å². The Kier molecular flexibility index (Phi) is 5.47. The number of piperazine rings is 1. The number of carbonyl (C=O) groups excluding carboxylic acids is 1. The van der Waals surface area contributed by atoms with Crippen LogP contribution < -0.4 is 10.2 Å². The fourth-order valence-electron chi connectivity index (χ4n) is 3.44. The van der Waals surface area contributed by atoms with E-state index in [0.29, 0.717) is 0 Å². The predicted molar refractivity (Wildman–Crippen MR) is 106 cm³/mol. The number of rotatable bonds is 4. The Balaban J connectivity index is 1.58. The van der Waals surface area contributed by atoms with Gasteiger partial charge in [0.25, 0.3) is 0 Å². The molecule has 1 amide bonds. The van der Waals surface area contributed by atoms with Crippen molar-refractivity contribution in [3.05, 3.63) is 53.6 Å². The second-order valence-corrected chi connectivity index (χ2v) is 6.97. The van der Waals surface area contributed by atoms with Gasteiger partial charge in [0, 0.05) is 37.6 Å². The molecule has 1 saturated heterocycles. The van der Waals surface area contributed by atoms with Gasteiger partial charge < -0.3 is 15.3 Å². The van der Waals surface area contributed by atoms with Crippen molar-refractivity contribution in [3.63, 3.8) is 0 Å². The number of anilines is 2. The van der Waals surface area contributed by atoms with E-state index in [1.807, 2.05) is 51.1 Å². The van der Waals surface area contributed by atoms with Gasteiger partial charge >= 0.3 is 0 Å². The largest absolute Gasteiger partial charge is 0.508 e. The smallest absolute Gasteiger partial charge is 0.241 e. The fraction of sp³-hybridized carbons (Fsp3) is 0.381. The summed E-state index contributed by atoms with van der Waals surface area (Å²) in [5.41, 5.74) is 4.20. The van der Waals surface area contributed by atoms with Gasteiger partial charge in [-0.15, -0.1) is 0 Å². The summed E-state index contributed by atoms with van der Waals surface area (Å²) in [7, 11) is 0. The van der Waals surface area contributed by atoms with Crippen molar-refractivity contribution in [1.82, 2.24) is 4.90 Å². The Morgan fingerprint density at radius 2 is 1.58 bits per heavy atom. The average molecular weight is 353 g/mol. The lowest BCUT2D eigenvalue weighted by Crippen LogP contribution is -2.52. The Labute approximate surface area is 155 Å². The van der Waals surface area contributed by atoms with E-state index in [0.717, 1.165) is 48.7 Å². The van der Waals surface area contributed by atoms with Crippen LogP contribution in [0.1, 0.15) is 18.1 Å². The molecule has 1 aliphatic heterocycles. The number of amides is 1. The normalized spacial score (nSPS) is 16.3. The number of aryl methyl sites for hydroxylation is 2. The van der Waals surface area contributed by atoms with E-state index >= 15 is 0 Å². The quantitative estimate of drug-likeness (QED) is 0.887. The molecule has 1 aliphatic rings. The molecular weight excluding hydrogens is 326 g/mol. The third-order valence-electron chi connectivity index (χ3n) is 5.19. The maximum absolute atomic E-state index is 12.7. The van der Waals surface area contributed by atoms with Crippen LogP contribution in [-0.2, 0) is 4.79 Å². The van der Waals surface area contributed by atoms with Gasteiger partial charge in [0.05, 0.1) is 6.04 Å². The van der Waals surface area contributed by atoms with Crippen LogP contribution in [0.15, 0.2) is 42.5 Å². The molecule has 138 valence electrons. The van der Waals surface area contributed by atoms with Crippen LogP contribution >= 0.6 is 0 Å². The number of benzene rings is 2. The zero-order chi connectivity index (χ0) is 18.7. The van der Waals surface area contributed by atoms with Crippen LogP contribution in [0.2, 0.25) is 0 Å². The van der Waals surface area contributed by atoms with Crippen LogP contribution in [0.4, 0.5) is 11.4 Å². The van der Waals surface area contributed by atoms with E-state index in [9.17, 15) is 9.90 Å². The van der Waals surface area contributed by atoms with E-state index in [2.05, 4.69) is 15.1 Å². The first-order valence-corrected chi connectivity index (χ1v) is 9.11. The summed E-state index contributed by atoms with van der Waals surface area (Å²) < 4.78 is 0. The van der Waals surface area contributed by atoms with Crippen LogP contribution in [0.3, 0.4) is 0 Å². The third-order valence-corrected chi connectivity index (χ3v) is 5.19. The van der Waals surface area contributed by atoms with Crippen LogP contribution in [0, 0.1) is 13.8 Å². The zero-order valence-electron chi connectivity index (χ0n) is 15.7. The number of nitrogens with zero attached hydrogens (tertiary/aromatic N) is 2. The van der Waals surface area contributed by atoms with Gasteiger partial charge in [-0.2, -0.15) is 0 Å². The van der Waals surface area contributed by atoms with Gasteiger partial charge in [-0.1, -0.05) is 18.2 Å². The van der Waals surface area contributed by atoms with E-state index in [4.69, 9.17) is 0 Å². The molecule has 2 aromatic rings. The van der Waals surface area contributed by atoms with Crippen molar-refractivity contribution in [2.45, 2.75) is 26.8 Å². The molecule has 0 aliphatic carbocycles. The zero-order valence-corrected chi connectivity index (χ0v) is 15.7. The number of para-hydroxylation sites is 1. The minimum Gasteiger partial charge on any atom is -0.508 e. The summed E-state index contributed by atoms with van der Waals surface area (Å²) in [6.07, 6.45) is 0. The van der Waals surface area contributed by atoms with E-state index < -0.39 is 0 Å². The second kappa shape index (κ2) is 7.79. The van der Waals surface area contributed by atoms with E-state index in [1.165, 1.54) is 0 Å². The van der Waals surface area contributed by atoms with Gasteiger partial charge in [-0.3, -0.25) is 9.69 Å². The molecule has 5 heteroatoms. The molecule has 3 rings (SSSR count). The average Bonchev–Trinajstić information content (AvgIpc) is 2.65. The number of carbonyl (C=O) groups is 1. The number of phenolic OH excluding ortho intramolecular Hbond substituents is 1. The highest BCUT2D eigenvalue weighted by molar-refractivity contribution is 5.95. The second-order valence-electron chi connectivity index (χ2n) is 6.97. The molecule has 26 heavy (non-hydrogen) atoms. The lowest BCUT2D eigenvalue weighted by Gasteiger charge is -2.38. The molecule has 2 N–H and O–H groups in total. The SMILES string of the molecule is Cc1cccc(C)c1NC(=O)[C@H](C)N1CCN(c2ccc(O)cc2)CC1. The summed E-state index contributed by atoms with van der Waals surface area (Å²) in [6, 6.07) is 13.2. The number of hydrogen-bond acceptors (Lipinski definition) is 4. The lowest BCUT2D eigenvalue weighted by atomic mass is 10.1. The number of nitrogens with one attached hydrogen (secondary N) is 1. The Bertz CT molecular complexity index is 745. The van der Waals surface area contributed by atoms with Gasteiger partial charge in [0.2, 0.25) is 5.91 Å². The van der Waals surface area contributed by atoms with Crippen molar-refractivity contribution >= 4 is 17.3 Å². The number of hydrogen-bond donors (Lipinski definition) is 2. The topological polar surface area (TPSA) is 55.8 Å². The minimum absolute atomic E-state index is 0.0421. The van der Waals surface area contributed by atoms with Crippen molar-refractivity contribution in [1.29, 1.82) is 0 Å². The molecule has 2 aromatic carbocycles. The molecule has 0 saturated carbocycles. The monoisotopic (exact) mass is 353 g/mol. The van der Waals surface area contributed by atoms with Gasteiger partial charge in [0.15, 0.2) is 0 Å². The lowest BCUT2D eigenvalue weighted by molar-refractivity contribution is -0.120. The molecule has 0 bridgehead atoms. The van der Waals surface area contributed by atoms with Gasteiger partial charge in [-0.25, -0.2) is 0 Å². The standard InChI is InChI=1S/C21H27N3O2/c1-15-5-4-6-16(2)20(15)22-21(26)17(3)23-11-13-24(14-12-23)18-7-9-19(25)10-8-18/h4-10,17,25H,11-14H2,1-3H3,(H,22,26)/t17-/m0/s1. The molecule has 0 radical (unpaired) electrons. The third kappa shape index (κ3) is 3.99. The first kappa shape index (κ1) is 18.3.